The predicted molar refractivity (Wildman–Crippen MR) is 89.0 cm³/mol. The Balaban J connectivity index is 1.40. The minimum atomic E-state index is -0.126. The van der Waals surface area contributed by atoms with E-state index in [2.05, 4.69) is 22.4 Å². The Bertz CT molecular complexity index is 574. The normalized spacial score (nSPS) is 16.5. The smallest absolute Gasteiger partial charge is 0.320 e. The molecular formula is C18H21NO2S. The van der Waals surface area contributed by atoms with Gasteiger partial charge >= 0.3 is 5.97 Å². The number of benzene rings is 1. The van der Waals surface area contributed by atoms with Crippen molar-refractivity contribution >= 4 is 17.3 Å². The van der Waals surface area contributed by atoms with Crippen LogP contribution in [0.15, 0.2) is 47.8 Å². The summed E-state index contributed by atoms with van der Waals surface area (Å²) in [6.07, 6.45) is 2.26. The Morgan fingerprint density at radius 1 is 1.14 bits per heavy atom. The van der Waals surface area contributed by atoms with Crippen LogP contribution in [0.25, 0.3) is 0 Å². The number of carbonyl (C=O) groups is 1. The summed E-state index contributed by atoms with van der Waals surface area (Å²) in [7, 11) is 0. The van der Waals surface area contributed by atoms with Crippen LogP contribution in [0.5, 0.6) is 0 Å². The molecule has 1 fully saturated rings. The van der Waals surface area contributed by atoms with E-state index in [9.17, 15) is 4.79 Å². The first-order valence-electron chi connectivity index (χ1n) is 7.76. The van der Waals surface area contributed by atoms with E-state index >= 15 is 0 Å². The molecule has 4 heteroatoms. The predicted octanol–water partition coefficient (Wildman–Crippen LogP) is 3.67. The van der Waals surface area contributed by atoms with Crippen molar-refractivity contribution in [1.82, 2.24) is 4.90 Å². The second-order valence-electron chi connectivity index (χ2n) is 5.71. The number of piperidine rings is 1. The van der Waals surface area contributed by atoms with Gasteiger partial charge in [-0.15, -0.1) is 11.3 Å². The lowest BCUT2D eigenvalue weighted by Crippen LogP contribution is -2.37. The van der Waals surface area contributed by atoms with Crippen LogP contribution >= 0.6 is 11.3 Å². The molecule has 2 aromatic rings. The fraction of sp³-hybridized carbons (Fsp3) is 0.389. The number of rotatable bonds is 5. The van der Waals surface area contributed by atoms with Crippen molar-refractivity contribution in [2.75, 3.05) is 19.6 Å². The highest BCUT2D eigenvalue weighted by molar-refractivity contribution is 7.10. The van der Waals surface area contributed by atoms with Crippen LogP contribution in [0.4, 0.5) is 0 Å². The van der Waals surface area contributed by atoms with E-state index in [-0.39, 0.29) is 5.97 Å². The molecule has 0 aliphatic carbocycles. The summed E-state index contributed by atoms with van der Waals surface area (Å²) in [5.41, 5.74) is 1.03. The van der Waals surface area contributed by atoms with Crippen LogP contribution in [0.1, 0.15) is 29.2 Å². The van der Waals surface area contributed by atoms with Crippen LogP contribution in [0.3, 0.4) is 0 Å². The van der Waals surface area contributed by atoms with Gasteiger partial charge < -0.3 is 4.74 Å². The lowest BCUT2D eigenvalue weighted by Gasteiger charge is -2.30. The third kappa shape index (κ3) is 4.18. The van der Waals surface area contributed by atoms with Gasteiger partial charge in [-0.05, 0) is 48.9 Å². The summed E-state index contributed by atoms with van der Waals surface area (Å²) in [6.45, 7) is 2.72. The number of carbonyl (C=O) groups excluding carboxylic acids is 1. The summed E-state index contributed by atoms with van der Waals surface area (Å²) in [5.74, 6) is 0.537. The molecule has 1 aliphatic heterocycles. The van der Waals surface area contributed by atoms with E-state index in [1.807, 2.05) is 41.7 Å². The van der Waals surface area contributed by atoms with Gasteiger partial charge in [0.05, 0.1) is 6.54 Å². The van der Waals surface area contributed by atoms with Gasteiger partial charge in [-0.3, -0.25) is 9.69 Å². The molecule has 0 saturated carbocycles. The zero-order valence-electron chi connectivity index (χ0n) is 12.6. The summed E-state index contributed by atoms with van der Waals surface area (Å²) in [5, 5.41) is 2.14. The largest absolute Gasteiger partial charge is 0.460 e. The number of hydrogen-bond acceptors (Lipinski definition) is 4. The van der Waals surface area contributed by atoms with E-state index in [4.69, 9.17) is 4.74 Å². The quantitative estimate of drug-likeness (QED) is 0.789. The molecule has 1 saturated heterocycles. The van der Waals surface area contributed by atoms with Crippen molar-refractivity contribution in [2.45, 2.75) is 25.4 Å². The maximum atomic E-state index is 11.9. The van der Waals surface area contributed by atoms with Crippen molar-refractivity contribution in [1.29, 1.82) is 0 Å². The molecule has 1 aromatic carbocycles. The van der Waals surface area contributed by atoms with Crippen LogP contribution in [0, 0.1) is 0 Å². The van der Waals surface area contributed by atoms with Crippen LogP contribution in [-0.4, -0.2) is 30.5 Å². The Hall–Kier alpha value is -1.65. The number of esters is 1. The molecule has 116 valence electrons. The van der Waals surface area contributed by atoms with Crippen molar-refractivity contribution in [3.63, 3.8) is 0 Å². The van der Waals surface area contributed by atoms with Gasteiger partial charge in [-0.2, -0.15) is 0 Å². The molecule has 0 bridgehead atoms. The van der Waals surface area contributed by atoms with Gasteiger partial charge in [0.1, 0.15) is 6.61 Å². The van der Waals surface area contributed by atoms with Gasteiger partial charge in [0, 0.05) is 4.88 Å². The molecule has 3 rings (SSSR count). The van der Waals surface area contributed by atoms with Gasteiger partial charge in [0.15, 0.2) is 0 Å². The first-order valence-corrected chi connectivity index (χ1v) is 8.64. The number of likely N-dealkylation sites (tertiary alicyclic amines) is 1. The van der Waals surface area contributed by atoms with E-state index in [1.165, 1.54) is 4.88 Å². The van der Waals surface area contributed by atoms with Crippen LogP contribution in [-0.2, 0) is 16.1 Å². The van der Waals surface area contributed by atoms with Crippen LogP contribution in [0.2, 0.25) is 0 Å². The zero-order valence-corrected chi connectivity index (χ0v) is 13.4. The number of hydrogen-bond donors (Lipinski definition) is 0. The second kappa shape index (κ2) is 7.56. The fourth-order valence-corrected chi connectivity index (χ4v) is 3.76. The highest BCUT2D eigenvalue weighted by Crippen LogP contribution is 2.30. The molecule has 3 nitrogen and oxygen atoms in total. The Kier molecular flexibility index (Phi) is 5.24. The van der Waals surface area contributed by atoms with Crippen molar-refractivity contribution in [3.05, 3.63) is 58.3 Å². The van der Waals surface area contributed by atoms with E-state index in [1.54, 1.807) is 0 Å². The summed E-state index contributed by atoms with van der Waals surface area (Å²) in [6, 6.07) is 14.2. The summed E-state index contributed by atoms with van der Waals surface area (Å²) in [4.78, 5) is 15.6. The minimum Gasteiger partial charge on any atom is -0.460 e. The lowest BCUT2D eigenvalue weighted by atomic mass is 9.95. The molecule has 0 radical (unpaired) electrons. The Morgan fingerprint density at radius 3 is 2.59 bits per heavy atom. The van der Waals surface area contributed by atoms with Gasteiger partial charge in [-0.25, -0.2) is 0 Å². The van der Waals surface area contributed by atoms with E-state index in [0.717, 1.165) is 31.5 Å². The average molecular weight is 315 g/mol. The lowest BCUT2D eigenvalue weighted by molar-refractivity contribution is -0.146. The number of ether oxygens (including phenoxy) is 1. The number of thiophene rings is 1. The molecule has 0 unspecified atom stereocenters. The highest BCUT2D eigenvalue weighted by atomic mass is 32.1. The van der Waals surface area contributed by atoms with E-state index in [0.29, 0.717) is 19.1 Å². The molecule has 1 aromatic heterocycles. The third-order valence-electron chi connectivity index (χ3n) is 4.13. The first kappa shape index (κ1) is 15.3. The topological polar surface area (TPSA) is 29.5 Å². The molecule has 1 aliphatic rings. The molecule has 0 atom stereocenters. The average Bonchev–Trinajstić information content (AvgIpc) is 3.09. The number of nitrogens with zero attached hydrogens (tertiary/aromatic N) is 1. The first-order chi connectivity index (χ1) is 10.8. The van der Waals surface area contributed by atoms with Crippen molar-refractivity contribution < 1.29 is 9.53 Å². The molecule has 22 heavy (non-hydrogen) atoms. The minimum absolute atomic E-state index is 0.126. The molecule has 0 amide bonds. The van der Waals surface area contributed by atoms with Crippen molar-refractivity contribution in [3.8, 4) is 0 Å². The molecule has 0 spiro atoms. The zero-order chi connectivity index (χ0) is 15.2. The fourth-order valence-electron chi connectivity index (χ4n) is 2.87. The van der Waals surface area contributed by atoms with Gasteiger partial charge in [-0.1, -0.05) is 36.4 Å². The molecular weight excluding hydrogens is 294 g/mol. The maximum Gasteiger partial charge on any atom is 0.320 e. The molecule has 0 N–H and O–H groups in total. The van der Waals surface area contributed by atoms with E-state index < -0.39 is 0 Å². The highest BCUT2D eigenvalue weighted by Gasteiger charge is 2.22. The van der Waals surface area contributed by atoms with Crippen LogP contribution < -0.4 is 0 Å². The Labute approximate surface area is 135 Å². The Morgan fingerprint density at radius 2 is 1.91 bits per heavy atom. The van der Waals surface area contributed by atoms with Crippen molar-refractivity contribution in [2.24, 2.45) is 0 Å². The monoisotopic (exact) mass is 315 g/mol. The second-order valence-corrected chi connectivity index (χ2v) is 6.69. The standard InChI is InChI=1S/C18H21NO2S/c20-18(21-14-15-5-2-1-3-6-15)13-19-10-8-16(9-11-19)17-7-4-12-22-17/h1-7,12,16H,8-11,13-14H2. The van der Waals surface area contributed by atoms with Gasteiger partial charge in [0.25, 0.3) is 0 Å². The summed E-state index contributed by atoms with van der Waals surface area (Å²) >= 11 is 1.84. The SMILES string of the molecule is O=C(CN1CCC(c2cccs2)CC1)OCc1ccccc1. The van der Waals surface area contributed by atoms with Gasteiger partial charge in [0.2, 0.25) is 0 Å². The summed E-state index contributed by atoms with van der Waals surface area (Å²) < 4.78 is 5.35. The third-order valence-corrected chi connectivity index (χ3v) is 5.16. The molecule has 2 heterocycles. The maximum absolute atomic E-state index is 11.9.